The lowest BCUT2D eigenvalue weighted by atomic mass is 9.80. The van der Waals surface area contributed by atoms with Crippen LogP contribution in [0.25, 0.3) is 0 Å². The standard InChI is InChI=1S/C22H30O5SSi/c1-21(2,3)29(19-11-7-5-8-12-19,20-13-9-6-10-14-20)26-17-18-15-22(23,16-18)27-28(4,24)25/h5-14,18,23H,15-17H2,1-4H3. The number of aliphatic hydroxyl groups is 1. The van der Waals surface area contributed by atoms with E-state index in [2.05, 4.69) is 45.0 Å². The lowest BCUT2D eigenvalue weighted by Crippen LogP contribution is -2.67. The first-order valence-corrected chi connectivity index (χ1v) is 13.6. The van der Waals surface area contributed by atoms with Gasteiger partial charge < -0.3 is 9.53 Å². The Kier molecular flexibility index (Phi) is 6.09. The van der Waals surface area contributed by atoms with Crippen molar-refractivity contribution in [2.24, 2.45) is 5.92 Å². The second kappa shape index (κ2) is 7.96. The minimum Gasteiger partial charge on any atom is -0.407 e. The quantitative estimate of drug-likeness (QED) is 0.412. The molecule has 0 aliphatic heterocycles. The summed E-state index contributed by atoms with van der Waals surface area (Å²) in [5, 5.41) is 12.6. The van der Waals surface area contributed by atoms with Crippen molar-refractivity contribution < 1.29 is 22.1 Å². The van der Waals surface area contributed by atoms with E-state index in [4.69, 9.17) is 8.61 Å². The van der Waals surface area contributed by atoms with E-state index in [1.807, 2.05) is 36.4 Å². The van der Waals surface area contributed by atoms with Gasteiger partial charge in [0.25, 0.3) is 18.4 Å². The van der Waals surface area contributed by atoms with Gasteiger partial charge in [0, 0.05) is 19.4 Å². The van der Waals surface area contributed by atoms with Gasteiger partial charge in [-0.2, -0.15) is 8.42 Å². The van der Waals surface area contributed by atoms with E-state index in [1.165, 1.54) is 10.4 Å². The number of rotatable bonds is 7. The zero-order valence-corrected chi connectivity index (χ0v) is 19.3. The first kappa shape index (κ1) is 22.2. The maximum atomic E-state index is 11.4. The van der Waals surface area contributed by atoms with E-state index in [0.717, 1.165) is 6.26 Å². The molecule has 1 N–H and O–H groups in total. The predicted octanol–water partition coefficient (Wildman–Crippen LogP) is 2.64. The Balaban J connectivity index is 1.88. The average molecular weight is 435 g/mol. The molecule has 0 aromatic heterocycles. The van der Waals surface area contributed by atoms with Gasteiger partial charge in [-0.3, -0.25) is 0 Å². The lowest BCUT2D eigenvalue weighted by Gasteiger charge is -2.47. The summed E-state index contributed by atoms with van der Waals surface area (Å²) >= 11 is 0. The minimum absolute atomic E-state index is 0.0448. The fourth-order valence-corrected chi connectivity index (χ4v) is 9.66. The molecule has 0 saturated heterocycles. The van der Waals surface area contributed by atoms with Crippen LogP contribution in [-0.2, 0) is 18.7 Å². The van der Waals surface area contributed by atoms with Crippen LogP contribution in [0.4, 0.5) is 0 Å². The van der Waals surface area contributed by atoms with Gasteiger partial charge in [0.2, 0.25) is 0 Å². The highest BCUT2D eigenvalue weighted by atomic mass is 32.2. The molecule has 5 nitrogen and oxygen atoms in total. The molecule has 0 bridgehead atoms. The van der Waals surface area contributed by atoms with Gasteiger partial charge in [0.05, 0.1) is 6.26 Å². The molecule has 0 heterocycles. The summed E-state index contributed by atoms with van der Waals surface area (Å²) in [6.07, 6.45) is 1.45. The van der Waals surface area contributed by atoms with Crippen LogP contribution in [0, 0.1) is 5.92 Å². The molecule has 0 atom stereocenters. The third kappa shape index (κ3) is 4.81. The van der Waals surface area contributed by atoms with Crippen molar-refractivity contribution in [2.45, 2.75) is 44.4 Å². The Hall–Kier alpha value is -1.51. The third-order valence-electron chi connectivity index (χ3n) is 5.47. The summed E-state index contributed by atoms with van der Waals surface area (Å²) in [5.41, 5.74) is 0. The van der Waals surface area contributed by atoms with Crippen LogP contribution in [0.2, 0.25) is 5.04 Å². The van der Waals surface area contributed by atoms with Crippen LogP contribution >= 0.6 is 0 Å². The van der Waals surface area contributed by atoms with Crippen molar-refractivity contribution in [1.82, 2.24) is 0 Å². The number of benzene rings is 2. The Bertz CT molecular complexity index is 877. The van der Waals surface area contributed by atoms with Crippen LogP contribution in [0.3, 0.4) is 0 Å². The lowest BCUT2D eigenvalue weighted by molar-refractivity contribution is -0.216. The highest BCUT2D eigenvalue weighted by Gasteiger charge is 2.52. The van der Waals surface area contributed by atoms with Crippen LogP contribution in [-0.4, -0.2) is 40.5 Å². The summed E-state index contributed by atoms with van der Waals surface area (Å²) < 4.78 is 34.4. The molecule has 3 rings (SSSR count). The van der Waals surface area contributed by atoms with E-state index >= 15 is 0 Å². The summed E-state index contributed by atoms with van der Waals surface area (Å²) in [5.74, 6) is -1.56. The molecule has 7 heteroatoms. The van der Waals surface area contributed by atoms with E-state index in [9.17, 15) is 13.5 Å². The maximum absolute atomic E-state index is 11.4. The van der Waals surface area contributed by atoms with Crippen molar-refractivity contribution >= 4 is 28.8 Å². The first-order valence-electron chi connectivity index (χ1n) is 9.83. The fourth-order valence-electron chi connectivity index (χ4n) is 4.31. The van der Waals surface area contributed by atoms with E-state index in [1.54, 1.807) is 0 Å². The topological polar surface area (TPSA) is 72.8 Å². The maximum Gasteiger partial charge on any atom is 0.267 e. The van der Waals surface area contributed by atoms with Crippen molar-refractivity contribution in [1.29, 1.82) is 0 Å². The van der Waals surface area contributed by atoms with Crippen LogP contribution in [0.5, 0.6) is 0 Å². The Morgan fingerprint density at radius 1 is 1.00 bits per heavy atom. The Morgan fingerprint density at radius 2 is 1.45 bits per heavy atom. The molecule has 158 valence electrons. The second-order valence-electron chi connectivity index (χ2n) is 8.98. The van der Waals surface area contributed by atoms with Gasteiger partial charge >= 0.3 is 0 Å². The molecular formula is C22H30O5SSi. The largest absolute Gasteiger partial charge is 0.407 e. The van der Waals surface area contributed by atoms with Gasteiger partial charge in [0.15, 0.2) is 5.79 Å². The summed E-state index contributed by atoms with van der Waals surface area (Å²) in [6.45, 7) is 7.08. The zero-order chi connectivity index (χ0) is 21.3. The Labute approximate surface area is 174 Å². The van der Waals surface area contributed by atoms with Gasteiger partial charge in [-0.25, -0.2) is 4.18 Å². The molecule has 29 heavy (non-hydrogen) atoms. The van der Waals surface area contributed by atoms with Gasteiger partial charge in [-0.05, 0) is 21.3 Å². The average Bonchev–Trinajstić information content (AvgIpc) is 2.60. The monoisotopic (exact) mass is 434 g/mol. The molecule has 0 amide bonds. The molecule has 0 spiro atoms. The SMILES string of the molecule is CC(C)(C)[Si](OCC1CC(O)(OS(C)(=O)=O)C1)(c1ccccc1)c1ccccc1. The van der Waals surface area contributed by atoms with E-state index in [0.29, 0.717) is 6.61 Å². The minimum atomic E-state index is -3.70. The summed E-state index contributed by atoms with van der Waals surface area (Å²) in [6, 6.07) is 20.7. The molecule has 0 unspecified atom stereocenters. The normalized spacial score (nSPS) is 22.9. The molecule has 1 fully saturated rings. The van der Waals surface area contributed by atoms with Gasteiger partial charge in [-0.15, -0.1) is 0 Å². The van der Waals surface area contributed by atoms with Crippen molar-refractivity contribution in [3.63, 3.8) is 0 Å². The highest BCUT2D eigenvalue weighted by Crippen LogP contribution is 2.42. The van der Waals surface area contributed by atoms with Gasteiger partial charge in [-0.1, -0.05) is 81.4 Å². The zero-order valence-electron chi connectivity index (χ0n) is 17.5. The van der Waals surface area contributed by atoms with Crippen LogP contribution < -0.4 is 10.4 Å². The molecule has 1 aliphatic carbocycles. The fraction of sp³-hybridized carbons (Fsp3) is 0.455. The molecular weight excluding hydrogens is 404 g/mol. The molecule has 1 saturated carbocycles. The van der Waals surface area contributed by atoms with Crippen molar-refractivity contribution in [3.8, 4) is 0 Å². The summed E-state index contributed by atoms with van der Waals surface area (Å²) in [4.78, 5) is 0. The predicted molar refractivity (Wildman–Crippen MR) is 117 cm³/mol. The van der Waals surface area contributed by atoms with Crippen molar-refractivity contribution in [3.05, 3.63) is 60.7 Å². The van der Waals surface area contributed by atoms with Crippen LogP contribution in [0.15, 0.2) is 60.7 Å². The number of hydrogen-bond acceptors (Lipinski definition) is 5. The smallest absolute Gasteiger partial charge is 0.267 e. The highest BCUT2D eigenvalue weighted by molar-refractivity contribution is 7.86. The number of hydrogen-bond donors (Lipinski definition) is 1. The second-order valence-corrected chi connectivity index (χ2v) is 14.9. The molecule has 2 aromatic carbocycles. The van der Waals surface area contributed by atoms with Crippen molar-refractivity contribution in [2.75, 3.05) is 12.9 Å². The third-order valence-corrected chi connectivity index (χ3v) is 11.1. The first-order chi connectivity index (χ1) is 13.5. The van der Waals surface area contributed by atoms with E-state index in [-0.39, 0.29) is 23.8 Å². The molecule has 1 aliphatic rings. The van der Waals surface area contributed by atoms with E-state index < -0.39 is 24.2 Å². The summed E-state index contributed by atoms with van der Waals surface area (Å²) in [7, 11) is -6.33. The Morgan fingerprint density at radius 3 is 1.83 bits per heavy atom. The molecule has 2 aromatic rings. The molecule has 0 radical (unpaired) electrons. The van der Waals surface area contributed by atoms with Gasteiger partial charge in [0.1, 0.15) is 0 Å². The van der Waals surface area contributed by atoms with Crippen LogP contribution in [0.1, 0.15) is 33.6 Å².